The molecule has 132 valence electrons. The second kappa shape index (κ2) is 8.56. The summed E-state index contributed by atoms with van der Waals surface area (Å²) in [4.78, 5) is 16.7. The normalized spacial score (nSPS) is 15.2. The Kier molecular flexibility index (Phi) is 6.19. The van der Waals surface area contributed by atoms with Gasteiger partial charge >= 0.3 is 0 Å². The number of amides is 1. The smallest absolute Gasteiger partial charge is 0.253 e. The third kappa shape index (κ3) is 5.11. The molecule has 1 saturated heterocycles. The summed E-state index contributed by atoms with van der Waals surface area (Å²) in [5, 5.41) is 1.34. The van der Waals surface area contributed by atoms with Crippen molar-refractivity contribution in [2.75, 3.05) is 39.3 Å². The van der Waals surface area contributed by atoms with Gasteiger partial charge in [0.2, 0.25) is 0 Å². The van der Waals surface area contributed by atoms with Gasteiger partial charge in [-0.05, 0) is 48.5 Å². The van der Waals surface area contributed by atoms with Crippen LogP contribution in [0.25, 0.3) is 0 Å². The lowest BCUT2D eigenvalue weighted by Gasteiger charge is -2.34. The molecule has 2 aromatic rings. The number of piperazine rings is 1. The van der Waals surface area contributed by atoms with E-state index in [1.165, 1.54) is 0 Å². The van der Waals surface area contributed by atoms with E-state index >= 15 is 0 Å². The van der Waals surface area contributed by atoms with Crippen molar-refractivity contribution in [3.63, 3.8) is 0 Å². The van der Waals surface area contributed by atoms with Gasteiger partial charge in [0.25, 0.3) is 5.91 Å². The van der Waals surface area contributed by atoms with Crippen molar-refractivity contribution < 1.29 is 9.53 Å². The highest BCUT2D eigenvalue weighted by Crippen LogP contribution is 2.16. The number of halogens is 2. The van der Waals surface area contributed by atoms with Gasteiger partial charge in [0.15, 0.2) is 0 Å². The van der Waals surface area contributed by atoms with E-state index in [4.69, 9.17) is 27.9 Å². The third-order valence-corrected chi connectivity index (χ3v) is 4.74. The standard InChI is InChI=1S/C19H20Cl2N2O2/c20-16-3-1-15(2-4-16)19(24)23-11-9-22(10-12-23)13-14-25-18-7-5-17(21)6-8-18/h1-8H,9-14H2. The van der Waals surface area contributed by atoms with E-state index in [9.17, 15) is 4.79 Å². The summed E-state index contributed by atoms with van der Waals surface area (Å²) in [6.45, 7) is 4.61. The first-order valence-corrected chi connectivity index (χ1v) is 9.03. The molecule has 1 heterocycles. The average Bonchev–Trinajstić information content (AvgIpc) is 2.64. The predicted molar refractivity (Wildman–Crippen MR) is 101 cm³/mol. The molecular formula is C19H20Cl2N2O2. The van der Waals surface area contributed by atoms with E-state index in [0.29, 0.717) is 22.2 Å². The Hall–Kier alpha value is -1.75. The number of ether oxygens (including phenoxy) is 1. The second-order valence-corrected chi connectivity index (χ2v) is 6.82. The topological polar surface area (TPSA) is 32.8 Å². The Morgan fingerprint density at radius 2 is 1.44 bits per heavy atom. The third-order valence-electron chi connectivity index (χ3n) is 4.24. The number of carbonyl (C=O) groups is 1. The van der Waals surface area contributed by atoms with Crippen molar-refractivity contribution in [2.24, 2.45) is 0 Å². The number of nitrogens with zero attached hydrogens (tertiary/aromatic N) is 2. The molecule has 6 heteroatoms. The van der Waals surface area contributed by atoms with Gasteiger partial charge in [0.1, 0.15) is 12.4 Å². The van der Waals surface area contributed by atoms with Crippen molar-refractivity contribution >= 4 is 29.1 Å². The van der Waals surface area contributed by atoms with Gasteiger partial charge in [-0.1, -0.05) is 23.2 Å². The van der Waals surface area contributed by atoms with E-state index in [-0.39, 0.29) is 5.91 Å². The quantitative estimate of drug-likeness (QED) is 0.792. The maximum absolute atomic E-state index is 12.5. The summed E-state index contributed by atoms with van der Waals surface area (Å²) in [5.41, 5.74) is 0.684. The van der Waals surface area contributed by atoms with Crippen LogP contribution in [0.15, 0.2) is 48.5 Å². The summed E-state index contributed by atoms with van der Waals surface area (Å²) < 4.78 is 5.73. The molecule has 2 aromatic carbocycles. The fraction of sp³-hybridized carbons (Fsp3) is 0.316. The van der Waals surface area contributed by atoms with Crippen LogP contribution in [0.1, 0.15) is 10.4 Å². The molecule has 0 unspecified atom stereocenters. The predicted octanol–water partition coefficient (Wildman–Crippen LogP) is 3.83. The summed E-state index contributed by atoms with van der Waals surface area (Å²) >= 11 is 11.7. The van der Waals surface area contributed by atoms with Crippen LogP contribution in [0.2, 0.25) is 10.0 Å². The van der Waals surface area contributed by atoms with Gasteiger partial charge in [-0.2, -0.15) is 0 Å². The highest BCUT2D eigenvalue weighted by molar-refractivity contribution is 6.30. The molecule has 1 amide bonds. The monoisotopic (exact) mass is 378 g/mol. The molecule has 0 aliphatic carbocycles. The molecule has 1 aliphatic heterocycles. The Morgan fingerprint density at radius 3 is 2.04 bits per heavy atom. The van der Waals surface area contributed by atoms with Crippen LogP contribution in [0, 0.1) is 0 Å². The van der Waals surface area contributed by atoms with Crippen molar-refractivity contribution in [1.82, 2.24) is 9.80 Å². The maximum atomic E-state index is 12.5. The average molecular weight is 379 g/mol. The number of hydrogen-bond donors (Lipinski definition) is 0. The maximum Gasteiger partial charge on any atom is 0.253 e. The lowest BCUT2D eigenvalue weighted by molar-refractivity contribution is 0.0620. The lowest BCUT2D eigenvalue weighted by Crippen LogP contribution is -2.49. The molecule has 0 aromatic heterocycles. The van der Waals surface area contributed by atoms with Crippen LogP contribution in [0.4, 0.5) is 0 Å². The summed E-state index contributed by atoms with van der Waals surface area (Å²) in [7, 11) is 0. The highest BCUT2D eigenvalue weighted by Gasteiger charge is 2.21. The molecule has 1 aliphatic rings. The van der Waals surface area contributed by atoms with Gasteiger partial charge in [0.05, 0.1) is 0 Å². The van der Waals surface area contributed by atoms with Crippen molar-refractivity contribution in [3.05, 3.63) is 64.1 Å². The number of benzene rings is 2. The van der Waals surface area contributed by atoms with Crippen LogP contribution in [0.5, 0.6) is 5.75 Å². The van der Waals surface area contributed by atoms with Crippen LogP contribution >= 0.6 is 23.2 Å². The fourth-order valence-corrected chi connectivity index (χ4v) is 3.03. The largest absolute Gasteiger partial charge is 0.492 e. The molecule has 0 radical (unpaired) electrons. The van der Waals surface area contributed by atoms with Gasteiger partial charge < -0.3 is 9.64 Å². The second-order valence-electron chi connectivity index (χ2n) is 5.94. The molecule has 1 fully saturated rings. The molecule has 3 rings (SSSR count). The number of hydrogen-bond acceptors (Lipinski definition) is 3. The first-order chi connectivity index (χ1) is 12.1. The molecule has 25 heavy (non-hydrogen) atoms. The molecule has 0 saturated carbocycles. The zero-order valence-electron chi connectivity index (χ0n) is 13.8. The molecule has 0 bridgehead atoms. The van der Waals surface area contributed by atoms with Gasteiger partial charge in [-0.3, -0.25) is 9.69 Å². The Morgan fingerprint density at radius 1 is 0.880 bits per heavy atom. The van der Waals surface area contributed by atoms with Crippen molar-refractivity contribution in [1.29, 1.82) is 0 Å². The minimum Gasteiger partial charge on any atom is -0.492 e. The summed E-state index contributed by atoms with van der Waals surface area (Å²) in [6, 6.07) is 14.4. The zero-order valence-corrected chi connectivity index (χ0v) is 15.3. The molecule has 0 N–H and O–H groups in total. The molecular weight excluding hydrogens is 359 g/mol. The van der Waals surface area contributed by atoms with Gasteiger partial charge in [0, 0.05) is 48.3 Å². The van der Waals surface area contributed by atoms with Gasteiger partial charge in [-0.25, -0.2) is 0 Å². The molecule has 0 spiro atoms. The Balaban J connectivity index is 1.41. The van der Waals surface area contributed by atoms with Gasteiger partial charge in [-0.15, -0.1) is 0 Å². The summed E-state index contributed by atoms with van der Waals surface area (Å²) in [5.74, 6) is 0.884. The van der Waals surface area contributed by atoms with Crippen LogP contribution in [-0.4, -0.2) is 55.0 Å². The van der Waals surface area contributed by atoms with Crippen LogP contribution in [-0.2, 0) is 0 Å². The van der Waals surface area contributed by atoms with E-state index in [0.717, 1.165) is 38.5 Å². The van der Waals surface area contributed by atoms with E-state index < -0.39 is 0 Å². The minimum atomic E-state index is 0.0636. The van der Waals surface area contributed by atoms with Crippen molar-refractivity contribution in [2.45, 2.75) is 0 Å². The zero-order chi connectivity index (χ0) is 17.6. The Bertz CT molecular complexity index is 696. The number of carbonyl (C=O) groups excluding carboxylic acids is 1. The SMILES string of the molecule is O=C(c1ccc(Cl)cc1)N1CCN(CCOc2ccc(Cl)cc2)CC1. The lowest BCUT2D eigenvalue weighted by atomic mass is 10.2. The van der Waals surface area contributed by atoms with E-state index in [1.54, 1.807) is 24.3 Å². The molecule has 0 atom stereocenters. The highest BCUT2D eigenvalue weighted by atomic mass is 35.5. The Labute approximate surface area is 157 Å². The minimum absolute atomic E-state index is 0.0636. The summed E-state index contributed by atoms with van der Waals surface area (Å²) in [6.07, 6.45) is 0. The van der Waals surface area contributed by atoms with Crippen LogP contribution < -0.4 is 4.74 Å². The van der Waals surface area contributed by atoms with E-state index in [2.05, 4.69) is 4.90 Å². The fourth-order valence-electron chi connectivity index (χ4n) is 2.77. The molecule has 4 nitrogen and oxygen atoms in total. The van der Waals surface area contributed by atoms with Crippen LogP contribution in [0.3, 0.4) is 0 Å². The first-order valence-electron chi connectivity index (χ1n) is 8.27. The van der Waals surface area contributed by atoms with E-state index in [1.807, 2.05) is 29.2 Å². The first kappa shape index (κ1) is 18.1. The van der Waals surface area contributed by atoms with Crippen molar-refractivity contribution in [3.8, 4) is 5.75 Å². The number of rotatable bonds is 5.